The topological polar surface area (TPSA) is 75.7 Å². The summed E-state index contributed by atoms with van der Waals surface area (Å²) >= 11 is 0. The van der Waals surface area contributed by atoms with E-state index in [2.05, 4.69) is 10.2 Å². The first-order chi connectivity index (χ1) is 9.11. The number of nitrogens with one attached hydrogen (secondary N) is 1. The molecule has 2 amide bonds. The van der Waals surface area contributed by atoms with Crippen molar-refractivity contribution in [3.63, 3.8) is 0 Å². The molecule has 0 radical (unpaired) electrons. The minimum atomic E-state index is -0.619. The van der Waals surface area contributed by atoms with Crippen LogP contribution in [0.15, 0.2) is 30.3 Å². The summed E-state index contributed by atoms with van der Waals surface area (Å²) in [5.41, 5.74) is 2.91. The maximum absolute atomic E-state index is 12.2. The van der Waals surface area contributed by atoms with Crippen LogP contribution in [-0.4, -0.2) is 36.4 Å². The van der Waals surface area contributed by atoms with Gasteiger partial charge in [-0.3, -0.25) is 19.8 Å². The first kappa shape index (κ1) is 13.1. The second-order valence-electron chi connectivity index (χ2n) is 4.24. The van der Waals surface area contributed by atoms with E-state index in [0.717, 1.165) is 5.01 Å². The highest BCUT2D eigenvalue weighted by Crippen LogP contribution is 2.15. The molecule has 100 valence electrons. The number of ether oxygens (including phenoxy) is 1. The van der Waals surface area contributed by atoms with E-state index in [1.54, 1.807) is 30.3 Å². The van der Waals surface area contributed by atoms with Gasteiger partial charge in [-0.2, -0.15) is 0 Å². The van der Waals surface area contributed by atoms with Crippen molar-refractivity contribution in [2.24, 2.45) is 5.92 Å². The number of hydrogen-bond acceptors (Lipinski definition) is 4. The Hall–Kier alpha value is -2.37. The molecular weight excluding hydrogens is 248 g/mol. The number of rotatable bonds is 2. The van der Waals surface area contributed by atoms with Gasteiger partial charge in [0.05, 0.1) is 19.6 Å². The van der Waals surface area contributed by atoms with Gasteiger partial charge in [0.1, 0.15) is 0 Å². The van der Waals surface area contributed by atoms with Gasteiger partial charge >= 0.3 is 5.97 Å². The summed E-state index contributed by atoms with van der Waals surface area (Å²) in [7, 11) is 1.26. The summed E-state index contributed by atoms with van der Waals surface area (Å²) in [6.45, 7) is 0.117. The molecule has 1 aromatic carbocycles. The van der Waals surface area contributed by atoms with Crippen LogP contribution >= 0.6 is 0 Å². The molecule has 1 fully saturated rings. The number of nitrogens with zero attached hydrogens (tertiary/aromatic N) is 1. The van der Waals surface area contributed by atoms with Crippen LogP contribution in [0.1, 0.15) is 16.8 Å². The van der Waals surface area contributed by atoms with Crippen LogP contribution in [0.25, 0.3) is 0 Å². The highest BCUT2D eigenvalue weighted by atomic mass is 16.5. The predicted molar refractivity (Wildman–Crippen MR) is 65.7 cm³/mol. The number of methoxy groups -OCH3 is 1. The van der Waals surface area contributed by atoms with E-state index in [1.807, 2.05) is 0 Å². The Bertz CT molecular complexity index is 501. The Morgan fingerprint density at radius 1 is 1.32 bits per heavy atom. The Balaban J connectivity index is 2.14. The summed E-state index contributed by atoms with van der Waals surface area (Å²) < 4.78 is 4.61. The van der Waals surface area contributed by atoms with Gasteiger partial charge in [-0.1, -0.05) is 18.2 Å². The fourth-order valence-corrected chi connectivity index (χ4v) is 1.95. The molecule has 1 aliphatic rings. The minimum Gasteiger partial charge on any atom is -0.469 e. The van der Waals surface area contributed by atoms with Crippen molar-refractivity contribution in [1.82, 2.24) is 10.4 Å². The Labute approximate surface area is 110 Å². The van der Waals surface area contributed by atoms with Crippen LogP contribution in [0.3, 0.4) is 0 Å². The smallest absolute Gasteiger partial charge is 0.311 e. The highest BCUT2D eigenvalue weighted by molar-refractivity contribution is 5.96. The molecule has 6 heteroatoms. The molecule has 19 heavy (non-hydrogen) atoms. The lowest BCUT2D eigenvalue weighted by Gasteiger charge is -2.31. The molecule has 1 unspecified atom stereocenters. The van der Waals surface area contributed by atoms with Gasteiger partial charge in [-0.15, -0.1) is 0 Å². The standard InChI is InChI=1S/C13H14N2O4/c1-19-13(18)10-7-11(16)14-15(8-10)12(17)9-5-3-2-4-6-9/h2-6,10H,7-8H2,1H3,(H,14,16). The second kappa shape index (κ2) is 5.51. The summed E-state index contributed by atoms with van der Waals surface area (Å²) in [4.78, 5) is 35.2. The van der Waals surface area contributed by atoms with Crippen molar-refractivity contribution in [1.29, 1.82) is 0 Å². The lowest BCUT2D eigenvalue weighted by molar-refractivity contribution is -0.151. The predicted octanol–water partition coefficient (Wildman–Crippen LogP) is 0.353. The number of esters is 1. The maximum atomic E-state index is 12.2. The van der Waals surface area contributed by atoms with Gasteiger partial charge in [0.2, 0.25) is 5.91 Å². The van der Waals surface area contributed by atoms with Gasteiger partial charge in [-0.25, -0.2) is 5.01 Å². The normalized spacial score (nSPS) is 18.7. The Kier molecular flexibility index (Phi) is 3.79. The van der Waals surface area contributed by atoms with Gasteiger partial charge in [0, 0.05) is 12.0 Å². The van der Waals surface area contributed by atoms with Crippen LogP contribution in [0, 0.1) is 5.92 Å². The third kappa shape index (κ3) is 2.90. The summed E-state index contributed by atoms with van der Waals surface area (Å²) in [5, 5.41) is 1.16. The fraction of sp³-hybridized carbons (Fsp3) is 0.308. The van der Waals surface area contributed by atoms with E-state index in [4.69, 9.17) is 0 Å². The molecule has 0 bridgehead atoms. The van der Waals surface area contributed by atoms with Crippen molar-refractivity contribution >= 4 is 17.8 Å². The quantitative estimate of drug-likeness (QED) is 0.780. The lowest BCUT2D eigenvalue weighted by Crippen LogP contribution is -2.54. The van der Waals surface area contributed by atoms with Crippen LogP contribution in [0.5, 0.6) is 0 Å². The van der Waals surface area contributed by atoms with Crippen molar-refractivity contribution in [3.05, 3.63) is 35.9 Å². The monoisotopic (exact) mass is 262 g/mol. The van der Waals surface area contributed by atoms with Gasteiger partial charge in [-0.05, 0) is 12.1 Å². The van der Waals surface area contributed by atoms with Crippen LogP contribution in [0.2, 0.25) is 0 Å². The van der Waals surface area contributed by atoms with E-state index in [-0.39, 0.29) is 24.8 Å². The van der Waals surface area contributed by atoms with E-state index in [0.29, 0.717) is 5.56 Å². The summed E-state index contributed by atoms with van der Waals surface area (Å²) in [6.07, 6.45) is 0.0330. The lowest BCUT2D eigenvalue weighted by atomic mass is 10.0. The molecule has 0 saturated carbocycles. The largest absolute Gasteiger partial charge is 0.469 e. The molecule has 6 nitrogen and oxygen atoms in total. The van der Waals surface area contributed by atoms with Gasteiger partial charge in [0.15, 0.2) is 0 Å². The van der Waals surface area contributed by atoms with E-state index in [9.17, 15) is 14.4 Å². The zero-order valence-electron chi connectivity index (χ0n) is 10.5. The molecule has 1 atom stereocenters. The van der Waals surface area contributed by atoms with E-state index < -0.39 is 11.9 Å². The zero-order chi connectivity index (χ0) is 13.8. The molecule has 0 aliphatic carbocycles. The molecular formula is C13H14N2O4. The Morgan fingerprint density at radius 2 is 2.00 bits per heavy atom. The molecule has 1 N–H and O–H groups in total. The first-order valence-corrected chi connectivity index (χ1v) is 5.86. The third-order valence-corrected chi connectivity index (χ3v) is 2.89. The van der Waals surface area contributed by atoms with Crippen molar-refractivity contribution in [2.45, 2.75) is 6.42 Å². The van der Waals surface area contributed by atoms with Crippen LogP contribution in [-0.2, 0) is 14.3 Å². The molecule has 1 aromatic rings. The molecule has 0 spiro atoms. The minimum absolute atomic E-state index is 0.0330. The van der Waals surface area contributed by atoms with Crippen molar-refractivity contribution in [2.75, 3.05) is 13.7 Å². The van der Waals surface area contributed by atoms with E-state index >= 15 is 0 Å². The van der Waals surface area contributed by atoms with Gasteiger partial charge < -0.3 is 4.74 Å². The number of carbonyl (C=O) groups excluding carboxylic acids is 3. The first-order valence-electron chi connectivity index (χ1n) is 5.86. The number of benzene rings is 1. The Morgan fingerprint density at radius 3 is 2.63 bits per heavy atom. The molecule has 0 aromatic heterocycles. The van der Waals surface area contributed by atoms with Crippen LogP contribution in [0.4, 0.5) is 0 Å². The average Bonchev–Trinajstić information content (AvgIpc) is 2.45. The van der Waals surface area contributed by atoms with Crippen molar-refractivity contribution < 1.29 is 19.1 Å². The fourth-order valence-electron chi connectivity index (χ4n) is 1.95. The summed E-state index contributed by atoms with van der Waals surface area (Å²) in [6, 6.07) is 8.56. The van der Waals surface area contributed by atoms with Gasteiger partial charge in [0.25, 0.3) is 5.91 Å². The molecule has 1 heterocycles. The molecule has 2 rings (SSSR count). The number of hydrogen-bond donors (Lipinski definition) is 1. The molecule has 1 saturated heterocycles. The SMILES string of the molecule is COC(=O)C1CC(=O)NN(C(=O)c2ccccc2)C1. The second-order valence-corrected chi connectivity index (χ2v) is 4.24. The maximum Gasteiger partial charge on any atom is 0.311 e. The molecule has 1 aliphatic heterocycles. The van der Waals surface area contributed by atoms with Crippen LogP contribution < -0.4 is 5.43 Å². The number of hydrazine groups is 1. The zero-order valence-corrected chi connectivity index (χ0v) is 10.5. The highest BCUT2D eigenvalue weighted by Gasteiger charge is 2.33. The number of carbonyl (C=O) groups is 3. The summed E-state index contributed by atoms with van der Waals surface area (Å²) in [5.74, 6) is -1.82. The number of amides is 2. The van der Waals surface area contributed by atoms with E-state index in [1.165, 1.54) is 7.11 Å². The third-order valence-electron chi connectivity index (χ3n) is 2.89. The van der Waals surface area contributed by atoms with Crippen molar-refractivity contribution in [3.8, 4) is 0 Å². The average molecular weight is 262 g/mol.